The fraction of sp³-hybridized carbons (Fsp3) is 0.0556. The zero-order chi connectivity index (χ0) is 19.0. The van der Waals surface area contributed by atoms with Gasteiger partial charge in [0.25, 0.3) is 11.9 Å². The van der Waals surface area contributed by atoms with Gasteiger partial charge < -0.3 is 4.74 Å². The Morgan fingerprint density at radius 2 is 2.04 bits per heavy atom. The van der Waals surface area contributed by atoms with Crippen LogP contribution in [0.5, 0.6) is 5.75 Å². The number of hydrogen-bond donors (Lipinski definition) is 1. The van der Waals surface area contributed by atoms with E-state index in [1.165, 1.54) is 11.3 Å². The van der Waals surface area contributed by atoms with Crippen LogP contribution in [0.2, 0.25) is 0 Å². The Balaban J connectivity index is 1.67. The zero-order valence-corrected chi connectivity index (χ0v) is 14.8. The van der Waals surface area contributed by atoms with Gasteiger partial charge in [0.1, 0.15) is 17.4 Å². The molecule has 0 aliphatic heterocycles. The molecule has 4 rings (SSSR count). The van der Waals surface area contributed by atoms with E-state index in [2.05, 4.69) is 15.4 Å². The number of aromatic nitrogens is 3. The first-order valence-corrected chi connectivity index (χ1v) is 8.69. The van der Waals surface area contributed by atoms with Crippen LogP contribution in [0.15, 0.2) is 47.8 Å². The minimum absolute atomic E-state index is 0.0201. The molecular formula is C18H12F2N4O2S. The third kappa shape index (κ3) is 3.13. The van der Waals surface area contributed by atoms with Gasteiger partial charge in [0.05, 0.1) is 18.4 Å². The third-order valence-corrected chi connectivity index (χ3v) is 4.68. The molecule has 1 N–H and O–H groups in total. The Kier molecular flexibility index (Phi) is 4.28. The van der Waals surface area contributed by atoms with Crippen molar-refractivity contribution in [2.45, 2.75) is 0 Å². The number of nitrogens with zero attached hydrogens (tertiary/aromatic N) is 3. The van der Waals surface area contributed by atoms with Crippen LogP contribution in [0.4, 0.5) is 14.7 Å². The highest BCUT2D eigenvalue weighted by Crippen LogP contribution is 2.32. The first-order valence-electron chi connectivity index (χ1n) is 7.81. The van der Waals surface area contributed by atoms with Crippen molar-refractivity contribution in [3.05, 3.63) is 65.0 Å². The van der Waals surface area contributed by atoms with Gasteiger partial charge in [-0.15, -0.1) is 16.4 Å². The minimum Gasteiger partial charge on any atom is -0.496 e. The van der Waals surface area contributed by atoms with E-state index in [9.17, 15) is 13.6 Å². The maximum Gasteiger partial charge on any atom is 0.261 e. The number of hydrogen-bond acceptors (Lipinski definition) is 5. The van der Waals surface area contributed by atoms with E-state index in [1.807, 2.05) is 29.6 Å². The monoisotopic (exact) mass is 386 g/mol. The molecular weight excluding hydrogens is 374 g/mol. The lowest BCUT2D eigenvalue weighted by Gasteiger charge is -2.06. The molecule has 0 unspecified atom stereocenters. The van der Waals surface area contributed by atoms with Gasteiger partial charge in [0.15, 0.2) is 0 Å². The predicted molar refractivity (Wildman–Crippen MR) is 97.2 cm³/mol. The summed E-state index contributed by atoms with van der Waals surface area (Å²) in [6, 6.07) is 10.2. The van der Waals surface area contributed by atoms with Crippen molar-refractivity contribution in [1.29, 1.82) is 0 Å². The van der Waals surface area contributed by atoms with Crippen molar-refractivity contribution in [2.24, 2.45) is 0 Å². The summed E-state index contributed by atoms with van der Waals surface area (Å²) >= 11 is 1.34. The lowest BCUT2D eigenvalue weighted by molar-refractivity contribution is 0.102. The van der Waals surface area contributed by atoms with Gasteiger partial charge in [-0.2, -0.15) is 4.98 Å². The molecule has 136 valence electrons. The van der Waals surface area contributed by atoms with Crippen molar-refractivity contribution < 1.29 is 18.3 Å². The minimum atomic E-state index is -0.955. The fourth-order valence-corrected chi connectivity index (χ4v) is 3.44. The normalized spacial score (nSPS) is 10.9. The van der Waals surface area contributed by atoms with Crippen molar-refractivity contribution in [1.82, 2.24) is 14.6 Å². The summed E-state index contributed by atoms with van der Waals surface area (Å²) in [7, 11) is 1.58. The fourth-order valence-electron chi connectivity index (χ4n) is 2.62. The van der Waals surface area contributed by atoms with Gasteiger partial charge in [-0.3, -0.25) is 10.1 Å². The largest absolute Gasteiger partial charge is 0.496 e. The summed E-state index contributed by atoms with van der Waals surface area (Å²) in [5, 5.41) is 8.57. The van der Waals surface area contributed by atoms with Gasteiger partial charge in [-0.1, -0.05) is 12.1 Å². The molecule has 0 spiro atoms. The molecule has 4 aromatic rings. The van der Waals surface area contributed by atoms with E-state index in [-0.39, 0.29) is 11.5 Å². The number of ether oxygens (including phenoxy) is 1. The molecule has 2 heterocycles. The number of amides is 1. The van der Waals surface area contributed by atoms with Crippen LogP contribution in [0, 0.1) is 11.6 Å². The molecule has 27 heavy (non-hydrogen) atoms. The Morgan fingerprint density at radius 1 is 1.22 bits per heavy atom. The number of thiazole rings is 1. The number of fused-ring (bicyclic) bond motifs is 1. The topological polar surface area (TPSA) is 68.5 Å². The Hall–Kier alpha value is -3.33. The number of carbonyl (C=O) groups is 1. The molecule has 0 aliphatic rings. The van der Waals surface area contributed by atoms with Gasteiger partial charge in [0, 0.05) is 17.0 Å². The van der Waals surface area contributed by atoms with Gasteiger partial charge >= 0.3 is 0 Å². The quantitative estimate of drug-likeness (QED) is 0.576. The summed E-state index contributed by atoms with van der Waals surface area (Å²) in [5.41, 5.74) is 1.27. The molecule has 0 aliphatic carbocycles. The molecule has 0 radical (unpaired) electrons. The van der Waals surface area contributed by atoms with E-state index in [0.717, 1.165) is 23.4 Å². The Labute approximate surface area is 156 Å². The Bertz CT molecular complexity index is 1160. The standard InChI is InChI=1S/C18H12F2N4O2S/c1-26-15-5-3-2-4-12(15)14-9-27-18-22-17(23-24(14)18)21-16(25)11-7-6-10(19)8-13(11)20/h2-9H,1H3,(H,21,23,25). The molecule has 2 aromatic heterocycles. The SMILES string of the molecule is COc1ccccc1-c1csc2nc(NC(=O)c3ccc(F)cc3F)nn12. The van der Waals surface area contributed by atoms with E-state index in [0.29, 0.717) is 16.8 Å². The first-order chi connectivity index (χ1) is 13.1. The highest BCUT2D eigenvalue weighted by atomic mass is 32.1. The summed E-state index contributed by atoms with van der Waals surface area (Å²) in [4.78, 5) is 17.0. The smallest absolute Gasteiger partial charge is 0.261 e. The second-order valence-corrected chi connectivity index (χ2v) is 6.37. The number of para-hydroxylation sites is 1. The van der Waals surface area contributed by atoms with Crippen LogP contribution >= 0.6 is 11.3 Å². The molecule has 2 aromatic carbocycles. The summed E-state index contributed by atoms with van der Waals surface area (Å²) < 4.78 is 33.7. The molecule has 0 saturated carbocycles. The van der Waals surface area contributed by atoms with E-state index >= 15 is 0 Å². The highest BCUT2D eigenvalue weighted by molar-refractivity contribution is 7.15. The number of anilines is 1. The molecule has 9 heteroatoms. The van der Waals surface area contributed by atoms with Crippen LogP contribution in [0.3, 0.4) is 0 Å². The van der Waals surface area contributed by atoms with Crippen LogP contribution in [0.25, 0.3) is 16.2 Å². The molecule has 0 atom stereocenters. The number of benzene rings is 2. The maximum atomic E-state index is 13.8. The van der Waals surface area contributed by atoms with Crippen molar-refractivity contribution in [3.8, 4) is 17.0 Å². The van der Waals surface area contributed by atoms with Crippen LogP contribution in [-0.2, 0) is 0 Å². The van der Waals surface area contributed by atoms with E-state index in [4.69, 9.17) is 4.74 Å². The maximum absolute atomic E-state index is 13.8. The number of rotatable bonds is 4. The van der Waals surface area contributed by atoms with Crippen LogP contribution in [0.1, 0.15) is 10.4 Å². The molecule has 0 fully saturated rings. The van der Waals surface area contributed by atoms with Crippen LogP contribution < -0.4 is 10.1 Å². The average molecular weight is 386 g/mol. The van der Waals surface area contributed by atoms with Gasteiger partial charge in [-0.25, -0.2) is 13.3 Å². The average Bonchev–Trinajstić information content (AvgIpc) is 3.21. The predicted octanol–water partition coefficient (Wildman–Crippen LogP) is 4.00. The molecule has 0 bridgehead atoms. The second kappa shape index (κ2) is 6.76. The van der Waals surface area contributed by atoms with Crippen molar-refractivity contribution >= 4 is 28.2 Å². The molecule has 0 saturated heterocycles. The molecule has 6 nitrogen and oxygen atoms in total. The number of nitrogens with one attached hydrogen (secondary N) is 1. The van der Waals surface area contributed by atoms with Crippen molar-refractivity contribution in [2.75, 3.05) is 12.4 Å². The van der Waals surface area contributed by atoms with E-state index < -0.39 is 17.5 Å². The lowest BCUT2D eigenvalue weighted by atomic mass is 10.1. The second-order valence-electron chi connectivity index (χ2n) is 5.53. The Morgan fingerprint density at radius 3 is 2.81 bits per heavy atom. The zero-order valence-electron chi connectivity index (χ0n) is 13.9. The lowest BCUT2D eigenvalue weighted by Crippen LogP contribution is -2.15. The van der Waals surface area contributed by atoms with Crippen molar-refractivity contribution in [3.63, 3.8) is 0 Å². The summed E-state index contributed by atoms with van der Waals surface area (Å²) in [6.07, 6.45) is 0. The third-order valence-electron chi connectivity index (χ3n) is 3.87. The molecule has 1 amide bonds. The number of carbonyl (C=O) groups excluding carboxylic acids is 1. The number of methoxy groups -OCH3 is 1. The number of halogens is 2. The van der Waals surface area contributed by atoms with Gasteiger partial charge in [0.2, 0.25) is 4.96 Å². The summed E-state index contributed by atoms with van der Waals surface area (Å²) in [6.45, 7) is 0. The summed E-state index contributed by atoms with van der Waals surface area (Å²) in [5.74, 6) is -1.78. The van der Waals surface area contributed by atoms with Crippen LogP contribution in [-0.4, -0.2) is 27.6 Å². The van der Waals surface area contributed by atoms with Gasteiger partial charge in [-0.05, 0) is 24.3 Å². The first kappa shape index (κ1) is 17.1. The van der Waals surface area contributed by atoms with E-state index in [1.54, 1.807) is 11.6 Å². The highest BCUT2D eigenvalue weighted by Gasteiger charge is 2.18.